The van der Waals surface area contributed by atoms with E-state index in [-0.39, 0.29) is 18.1 Å². The van der Waals surface area contributed by atoms with E-state index >= 15 is 0 Å². The van der Waals surface area contributed by atoms with Crippen molar-refractivity contribution in [3.63, 3.8) is 0 Å². The van der Waals surface area contributed by atoms with Gasteiger partial charge in [-0.05, 0) is 19.9 Å². The molecule has 1 aliphatic rings. The van der Waals surface area contributed by atoms with E-state index in [1.54, 1.807) is 4.90 Å². The number of rotatable bonds is 5. The molecule has 0 aromatic rings. The third-order valence-electron chi connectivity index (χ3n) is 3.60. The molecule has 1 rings (SSSR count). The number of nitrogens with zero attached hydrogens (tertiary/aromatic N) is 2. The summed E-state index contributed by atoms with van der Waals surface area (Å²) >= 11 is 0. The third kappa shape index (κ3) is 5.08. The van der Waals surface area contributed by atoms with Crippen molar-refractivity contribution >= 4 is 15.7 Å². The molecule has 1 amide bonds. The van der Waals surface area contributed by atoms with Crippen LogP contribution in [0.2, 0.25) is 0 Å². The van der Waals surface area contributed by atoms with E-state index in [1.165, 1.54) is 0 Å². The van der Waals surface area contributed by atoms with Crippen LogP contribution in [0.1, 0.15) is 20.3 Å². The van der Waals surface area contributed by atoms with Crippen molar-refractivity contribution in [1.82, 2.24) is 9.80 Å². The number of sulfone groups is 1. The van der Waals surface area contributed by atoms with Gasteiger partial charge in [0.1, 0.15) is 9.84 Å². The van der Waals surface area contributed by atoms with Crippen molar-refractivity contribution in [2.45, 2.75) is 32.4 Å². The molecular formula is C12H25N3O3S. The fourth-order valence-corrected chi connectivity index (χ4v) is 3.05. The summed E-state index contributed by atoms with van der Waals surface area (Å²) in [7, 11) is -3.07. The smallest absolute Gasteiger partial charge is 0.239 e. The Kier molecular flexibility index (Phi) is 5.76. The Morgan fingerprint density at radius 2 is 2.05 bits per heavy atom. The summed E-state index contributed by atoms with van der Waals surface area (Å²) in [5, 5.41) is 0. The molecular weight excluding hydrogens is 266 g/mol. The van der Waals surface area contributed by atoms with Gasteiger partial charge in [-0.1, -0.05) is 6.92 Å². The van der Waals surface area contributed by atoms with Crippen molar-refractivity contribution in [2.75, 3.05) is 38.2 Å². The van der Waals surface area contributed by atoms with Crippen LogP contribution in [0.25, 0.3) is 0 Å². The summed E-state index contributed by atoms with van der Waals surface area (Å²) < 4.78 is 22.2. The number of likely N-dealkylation sites (N-methyl/N-ethyl adjacent to an activating group) is 1. The SMILES string of the molecule is CCN1CCN(C(=O)C(N)CCS(C)(=O)=O)CC1C. The van der Waals surface area contributed by atoms with Gasteiger partial charge in [0.15, 0.2) is 0 Å². The predicted molar refractivity (Wildman–Crippen MR) is 75.6 cm³/mol. The number of hydrogen-bond donors (Lipinski definition) is 1. The normalized spacial score (nSPS) is 23.4. The molecule has 2 unspecified atom stereocenters. The first kappa shape index (κ1) is 16.4. The van der Waals surface area contributed by atoms with Crippen LogP contribution >= 0.6 is 0 Å². The number of amides is 1. The van der Waals surface area contributed by atoms with E-state index in [9.17, 15) is 13.2 Å². The molecule has 6 nitrogen and oxygen atoms in total. The standard InChI is InChI=1S/C12H25N3O3S/c1-4-14-6-7-15(9-10(14)2)12(16)11(13)5-8-19(3,17)18/h10-11H,4-9,13H2,1-3H3. The molecule has 7 heteroatoms. The Bertz CT molecular complexity index is 410. The highest BCUT2D eigenvalue weighted by molar-refractivity contribution is 7.90. The van der Waals surface area contributed by atoms with E-state index in [1.807, 2.05) is 0 Å². The van der Waals surface area contributed by atoms with Crippen LogP contribution in [0.3, 0.4) is 0 Å². The van der Waals surface area contributed by atoms with E-state index in [0.29, 0.717) is 19.1 Å². The number of carbonyl (C=O) groups excluding carboxylic acids is 1. The summed E-state index contributed by atoms with van der Waals surface area (Å²) in [5.74, 6) is -0.170. The first-order chi connectivity index (χ1) is 8.74. The summed E-state index contributed by atoms with van der Waals surface area (Å²) in [6, 6.07) is -0.389. The summed E-state index contributed by atoms with van der Waals surface area (Å²) in [5.41, 5.74) is 5.80. The molecule has 0 aromatic heterocycles. The molecule has 0 saturated carbocycles. The van der Waals surface area contributed by atoms with Crippen molar-refractivity contribution in [3.05, 3.63) is 0 Å². The monoisotopic (exact) mass is 291 g/mol. The minimum Gasteiger partial charge on any atom is -0.339 e. The van der Waals surface area contributed by atoms with Gasteiger partial charge in [0.2, 0.25) is 5.91 Å². The molecule has 0 spiro atoms. The molecule has 0 radical (unpaired) electrons. The zero-order chi connectivity index (χ0) is 14.6. The Labute approximate surface area is 115 Å². The van der Waals surface area contributed by atoms with Crippen LogP contribution in [0.5, 0.6) is 0 Å². The molecule has 1 fully saturated rings. The molecule has 0 aromatic carbocycles. The van der Waals surface area contributed by atoms with Crippen molar-refractivity contribution in [3.8, 4) is 0 Å². The zero-order valence-corrected chi connectivity index (χ0v) is 12.8. The minimum absolute atomic E-state index is 0.0373. The largest absolute Gasteiger partial charge is 0.339 e. The quantitative estimate of drug-likeness (QED) is 0.724. The second kappa shape index (κ2) is 6.67. The van der Waals surface area contributed by atoms with E-state index in [0.717, 1.165) is 19.3 Å². The first-order valence-electron chi connectivity index (χ1n) is 6.70. The highest BCUT2D eigenvalue weighted by Crippen LogP contribution is 2.10. The van der Waals surface area contributed by atoms with Crippen molar-refractivity contribution in [2.24, 2.45) is 5.73 Å². The maximum atomic E-state index is 12.1. The van der Waals surface area contributed by atoms with E-state index < -0.39 is 15.9 Å². The average molecular weight is 291 g/mol. The second-order valence-electron chi connectivity index (χ2n) is 5.29. The molecule has 19 heavy (non-hydrogen) atoms. The second-order valence-corrected chi connectivity index (χ2v) is 7.55. The number of piperazine rings is 1. The number of carbonyl (C=O) groups is 1. The van der Waals surface area contributed by atoms with Crippen LogP contribution in [0.15, 0.2) is 0 Å². The van der Waals surface area contributed by atoms with Gasteiger partial charge in [0.25, 0.3) is 0 Å². The molecule has 1 heterocycles. The molecule has 112 valence electrons. The van der Waals surface area contributed by atoms with Gasteiger partial charge in [0.05, 0.1) is 11.8 Å². The van der Waals surface area contributed by atoms with Crippen molar-refractivity contribution < 1.29 is 13.2 Å². The van der Waals surface area contributed by atoms with Gasteiger partial charge in [-0.25, -0.2) is 8.42 Å². The van der Waals surface area contributed by atoms with Gasteiger partial charge in [-0.3, -0.25) is 9.69 Å². The topological polar surface area (TPSA) is 83.7 Å². The Balaban J connectivity index is 2.49. The summed E-state index contributed by atoms with van der Waals surface area (Å²) in [4.78, 5) is 16.2. The van der Waals surface area contributed by atoms with E-state index in [4.69, 9.17) is 5.73 Å². The van der Waals surface area contributed by atoms with Crippen LogP contribution < -0.4 is 5.73 Å². The lowest BCUT2D eigenvalue weighted by atomic mass is 10.1. The molecule has 2 atom stereocenters. The van der Waals surface area contributed by atoms with Gasteiger partial charge >= 0.3 is 0 Å². The molecule has 0 bridgehead atoms. The Morgan fingerprint density at radius 3 is 2.53 bits per heavy atom. The predicted octanol–water partition coefficient (Wildman–Crippen LogP) is -0.699. The molecule has 1 saturated heterocycles. The summed E-state index contributed by atoms with van der Waals surface area (Å²) in [6.07, 6.45) is 1.35. The maximum absolute atomic E-state index is 12.1. The minimum atomic E-state index is -3.07. The fourth-order valence-electron chi connectivity index (χ4n) is 2.36. The van der Waals surface area contributed by atoms with Crippen LogP contribution in [-0.2, 0) is 14.6 Å². The first-order valence-corrected chi connectivity index (χ1v) is 8.76. The van der Waals surface area contributed by atoms with Crippen LogP contribution in [-0.4, -0.2) is 74.4 Å². The lowest BCUT2D eigenvalue weighted by molar-refractivity contribution is -0.135. The Hall–Kier alpha value is -0.660. The Morgan fingerprint density at radius 1 is 1.42 bits per heavy atom. The van der Waals surface area contributed by atoms with Gasteiger partial charge < -0.3 is 10.6 Å². The lowest BCUT2D eigenvalue weighted by Gasteiger charge is -2.40. The fraction of sp³-hybridized carbons (Fsp3) is 0.917. The van der Waals surface area contributed by atoms with Gasteiger partial charge in [0, 0.05) is 31.9 Å². The number of hydrogen-bond acceptors (Lipinski definition) is 5. The third-order valence-corrected chi connectivity index (χ3v) is 4.58. The van der Waals surface area contributed by atoms with Crippen molar-refractivity contribution in [1.29, 1.82) is 0 Å². The van der Waals surface area contributed by atoms with E-state index in [2.05, 4.69) is 18.7 Å². The number of nitrogens with two attached hydrogens (primary N) is 1. The zero-order valence-electron chi connectivity index (χ0n) is 12.0. The molecule has 2 N–H and O–H groups in total. The molecule has 1 aliphatic heterocycles. The van der Waals surface area contributed by atoms with Crippen LogP contribution in [0.4, 0.5) is 0 Å². The lowest BCUT2D eigenvalue weighted by Crippen LogP contribution is -2.56. The highest BCUT2D eigenvalue weighted by Gasteiger charge is 2.28. The highest BCUT2D eigenvalue weighted by atomic mass is 32.2. The van der Waals surface area contributed by atoms with Crippen LogP contribution in [0, 0.1) is 0 Å². The van der Waals surface area contributed by atoms with Gasteiger partial charge in [-0.2, -0.15) is 0 Å². The average Bonchev–Trinajstić information content (AvgIpc) is 2.34. The maximum Gasteiger partial charge on any atom is 0.239 e. The molecule has 0 aliphatic carbocycles. The van der Waals surface area contributed by atoms with Gasteiger partial charge in [-0.15, -0.1) is 0 Å². The summed E-state index contributed by atoms with van der Waals surface area (Å²) in [6.45, 7) is 7.35.